The quantitative estimate of drug-likeness (QED) is 0.604. The van der Waals surface area contributed by atoms with Crippen LogP contribution >= 0.6 is 0 Å². The summed E-state index contributed by atoms with van der Waals surface area (Å²) in [6.07, 6.45) is 1.75. The Balaban J connectivity index is 2.95. The Kier molecular flexibility index (Phi) is 1.22. The molecular formula is C5H3N3Te. The molecule has 0 unspecified atom stereocenters. The van der Waals surface area contributed by atoms with E-state index in [-0.39, 0.29) is 20.7 Å². The average molecular weight is 233 g/mol. The monoisotopic (exact) mass is 235 g/mol. The molecule has 9 heavy (non-hydrogen) atoms. The third-order valence-electron chi connectivity index (χ3n) is 1.03. The van der Waals surface area contributed by atoms with Crippen LogP contribution in [-0.4, -0.2) is 34.1 Å². The van der Waals surface area contributed by atoms with Crippen LogP contribution in [0.3, 0.4) is 0 Å². The van der Waals surface area contributed by atoms with E-state index in [2.05, 4.69) is 13.4 Å². The van der Waals surface area contributed by atoms with E-state index >= 15 is 0 Å². The van der Waals surface area contributed by atoms with E-state index in [1.807, 2.05) is 12.1 Å². The summed E-state index contributed by atoms with van der Waals surface area (Å²) < 4.78 is 5.20. The molecule has 2 aromatic heterocycles. The van der Waals surface area contributed by atoms with Crippen LogP contribution in [0.25, 0.3) is 9.05 Å². The second-order valence-electron chi connectivity index (χ2n) is 1.60. The Morgan fingerprint density at radius 3 is 3.33 bits per heavy atom. The van der Waals surface area contributed by atoms with E-state index in [9.17, 15) is 0 Å². The van der Waals surface area contributed by atoms with Gasteiger partial charge in [0.2, 0.25) is 0 Å². The van der Waals surface area contributed by atoms with Gasteiger partial charge in [-0.1, -0.05) is 0 Å². The fourth-order valence-electron chi connectivity index (χ4n) is 0.632. The Bertz CT molecular complexity index is 286. The van der Waals surface area contributed by atoms with Gasteiger partial charge in [0.05, 0.1) is 0 Å². The van der Waals surface area contributed by atoms with Crippen molar-refractivity contribution in [1.82, 2.24) is 13.4 Å². The summed E-state index contributed by atoms with van der Waals surface area (Å²) in [5.74, 6) is 0. The minimum absolute atomic E-state index is 0.342. The summed E-state index contributed by atoms with van der Waals surface area (Å²) in [6.45, 7) is 0. The number of hydrogen-bond acceptors (Lipinski definition) is 3. The maximum absolute atomic E-state index is 4.03. The van der Waals surface area contributed by atoms with Crippen molar-refractivity contribution in [1.29, 1.82) is 0 Å². The molecule has 0 aliphatic heterocycles. The number of nitrogens with zero attached hydrogens (tertiary/aromatic N) is 3. The van der Waals surface area contributed by atoms with Crippen LogP contribution in [0.15, 0.2) is 18.3 Å². The van der Waals surface area contributed by atoms with Crippen molar-refractivity contribution in [2.75, 3.05) is 0 Å². The summed E-state index contributed by atoms with van der Waals surface area (Å²) in [4.78, 5) is 4.03. The molecule has 0 saturated heterocycles. The second-order valence-corrected chi connectivity index (χ2v) is 3.84. The zero-order valence-corrected chi connectivity index (χ0v) is 6.81. The molecule has 44 valence electrons. The molecule has 0 aliphatic rings. The molecule has 0 bridgehead atoms. The first-order valence-corrected chi connectivity index (χ1v) is 4.70. The van der Waals surface area contributed by atoms with Gasteiger partial charge in [-0.15, -0.1) is 0 Å². The van der Waals surface area contributed by atoms with Crippen LogP contribution < -0.4 is 0 Å². The number of aromatic nitrogens is 3. The van der Waals surface area contributed by atoms with Crippen LogP contribution in [0, 0.1) is 0 Å². The van der Waals surface area contributed by atoms with Gasteiger partial charge in [-0.3, -0.25) is 0 Å². The molecule has 0 amide bonds. The van der Waals surface area contributed by atoms with Crippen molar-refractivity contribution in [3.8, 4) is 0 Å². The van der Waals surface area contributed by atoms with E-state index in [1.54, 1.807) is 6.20 Å². The van der Waals surface area contributed by atoms with Crippen LogP contribution in [0.1, 0.15) is 0 Å². The van der Waals surface area contributed by atoms with Gasteiger partial charge in [-0.05, 0) is 0 Å². The normalized spacial score (nSPS) is 10.2. The van der Waals surface area contributed by atoms with Crippen LogP contribution in [-0.2, 0) is 0 Å². The van der Waals surface area contributed by atoms with E-state index in [0.29, 0.717) is 0 Å². The van der Waals surface area contributed by atoms with E-state index in [0.717, 1.165) is 5.65 Å². The molecule has 0 saturated carbocycles. The van der Waals surface area contributed by atoms with Gasteiger partial charge in [0.15, 0.2) is 0 Å². The molecule has 0 N–H and O–H groups in total. The van der Waals surface area contributed by atoms with Gasteiger partial charge in [-0.2, -0.15) is 0 Å². The first-order chi connectivity index (χ1) is 4.47. The molecule has 2 rings (SSSR count). The standard InChI is InChI=1S/C5H3N3Te/c1-2-4-5(6-3-1)7-8-9-4/h1-3H. The van der Waals surface area contributed by atoms with Gasteiger partial charge in [-0.25, -0.2) is 0 Å². The molecule has 0 fully saturated rings. The zero-order chi connectivity index (χ0) is 6.10. The predicted octanol–water partition coefficient (Wildman–Crippen LogP) is 0.0818. The van der Waals surface area contributed by atoms with Gasteiger partial charge in [0.1, 0.15) is 0 Å². The molecule has 0 radical (unpaired) electrons. The molecule has 3 nitrogen and oxygen atoms in total. The third kappa shape index (κ3) is 0.846. The number of fused-ring (bicyclic) bond motifs is 1. The predicted molar refractivity (Wildman–Crippen MR) is 34.3 cm³/mol. The van der Waals surface area contributed by atoms with Crippen LogP contribution in [0.4, 0.5) is 0 Å². The molecular weight excluding hydrogens is 230 g/mol. The Morgan fingerprint density at radius 1 is 1.44 bits per heavy atom. The topological polar surface area (TPSA) is 38.7 Å². The van der Waals surface area contributed by atoms with E-state index < -0.39 is 0 Å². The Hall–Kier alpha value is -0.460. The van der Waals surface area contributed by atoms with Crippen molar-refractivity contribution in [2.45, 2.75) is 0 Å². The summed E-state index contributed by atoms with van der Waals surface area (Å²) in [5, 5.41) is 3.87. The van der Waals surface area contributed by atoms with Gasteiger partial charge < -0.3 is 0 Å². The van der Waals surface area contributed by atoms with Crippen molar-refractivity contribution in [3.05, 3.63) is 18.3 Å². The van der Waals surface area contributed by atoms with Crippen molar-refractivity contribution < 1.29 is 0 Å². The van der Waals surface area contributed by atoms with Crippen molar-refractivity contribution in [2.24, 2.45) is 0 Å². The first kappa shape index (κ1) is 5.33. The SMILES string of the molecule is c1cnc2nn[te]c2c1. The Morgan fingerprint density at radius 2 is 2.44 bits per heavy atom. The third-order valence-corrected chi connectivity index (χ3v) is 2.96. The molecule has 4 heteroatoms. The molecule has 0 aromatic carbocycles. The molecule has 0 atom stereocenters. The molecule has 0 spiro atoms. The Labute approximate surface area is 61.7 Å². The average Bonchev–Trinajstić information content (AvgIpc) is 2.33. The molecule has 0 aliphatic carbocycles. The van der Waals surface area contributed by atoms with Crippen molar-refractivity contribution in [3.63, 3.8) is 0 Å². The number of pyridine rings is 1. The minimum atomic E-state index is -0.342. The molecule has 2 aromatic rings. The van der Waals surface area contributed by atoms with Gasteiger partial charge >= 0.3 is 61.5 Å². The van der Waals surface area contributed by atoms with E-state index in [4.69, 9.17) is 0 Å². The zero-order valence-electron chi connectivity index (χ0n) is 4.48. The summed E-state index contributed by atoms with van der Waals surface area (Å²) in [6, 6.07) is 3.98. The van der Waals surface area contributed by atoms with Crippen LogP contribution in [0.5, 0.6) is 0 Å². The fourth-order valence-corrected chi connectivity index (χ4v) is 2.12. The summed E-state index contributed by atoms with van der Waals surface area (Å²) in [5.41, 5.74) is 0.833. The van der Waals surface area contributed by atoms with Gasteiger partial charge in [0.25, 0.3) is 0 Å². The first-order valence-electron chi connectivity index (χ1n) is 2.50. The van der Waals surface area contributed by atoms with E-state index in [1.165, 1.54) is 3.40 Å². The fraction of sp³-hybridized carbons (Fsp3) is 0. The maximum atomic E-state index is 4.03. The molecule has 2 heterocycles. The summed E-state index contributed by atoms with van der Waals surface area (Å²) in [7, 11) is 0. The number of hydrogen-bond donors (Lipinski definition) is 0. The van der Waals surface area contributed by atoms with Gasteiger partial charge in [0, 0.05) is 0 Å². The number of rotatable bonds is 0. The second kappa shape index (κ2) is 2.05. The summed E-state index contributed by atoms with van der Waals surface area (Å²) >= 11 is -0.342. The van der Waals surface area contributed by atoms with Crippen molar-refractivity contribution >= 4 is 29.8 Å². The van der Waals surface area contributed by atoms with Crippen LogP contribution in [0.2, 0.25) is 0 Å².